The number of nitrogens with zero attached hydrogens (tertiary/aromatic N) is 2. The zero-order chi connectivity index (χ0) is 16.3. The molecule has 2 rings (SSSR count). The van der Waals surface area contributed by atoms with Crippen LogP contribution in [0.2, 0.25) is 5.02 Å². The Kier molecular flexibility index (Phi) is 4.60. The Bertz CT molecular complexity index is 654. The number of aryl methyl sites for hydroxylation is 1. The van der Waals surface area contributed by atoms with E-state index in [9.17, 15) is 18.0 Å². The van der Waals surface area contributed by atoms with E-state index in [2.05, 4.69) is 10.4 Å². The van der Waals surface area contributed by atoms with Crippen LogP contribution in [0, 0.1) is 0 Å². The molecule has 1 unspecified atom stereocenters. The fourth-order valence-electron chi connectivity index (χ4n) is 1.77. The molecule has 0 radical (unpaired) electrons. The van der Waals surface area contributed by atoms with Gasteiger partial charge in [-0.1, -0.05) is 23.7 Å². The van der Waals surface area contributed by atoms with Gasteiger partial charge in [0.2, 0.25) is 0 Å². The molecular formula is C13H12ClF3N4O. The molecule has 0 spiro atoms. The number of carbonyl (C=O) groups excluding carboxylic acids is 1. The lowest BCUT2D eigenvalue weighted by Crippen LogP contribution is -2.40. The van der Waals surface area contributed by atoms with Crippen LogP contribution in [0.5, 0.6) is 0 Å². The molecule has 2 aromatic rings. The Morgan fingerprint density at radius 1 is 1.27 bits per heavy atom. The summed E-state index contributed by atoms with van der Waals surface area (Å²) < 4.78 is 40.8. The van der Waals surface area contributed by atoms with Gasteiger partial charge in [-0.25, -0.2) is 4.79 Å². The predicted molar refractivity (Wildman–Crippen MR) is 75.6 cm³/mol. The highest BCUT2D eigenvalue weighted by molar-refractivity contribution is 6.30. The molecule has 1 heterocycles. The molecule has 2 N–H and O–H groups in total. The number of amides is 2. The molecule has 0 bridgehead atoms. The number of hydrogen-bond acceptors (Lipinski definition) is 2. The Balaban J connectivity index is 2.13. The molecule has 0 aliphatic rings. The minimum absolute atomic E-state index is 0.118. The number of rotatable bonds is 3. The summed E-state index contributed by atoms with van der Waals surface area (Å²) >= 11 is 5.65. The summed E-state index contributed by atoms with van der Waals surface area (Å²) in [6.07, 6.45) is -3.09. The van der Waals surface area contributed by atoms with Gasteiger partial charge in [0.15, 0.2) is 11.9 Å². The first-order valence-electron chi connectivity index (χ1n) is 6.15. The van der Waals surface area contributed by atoms with Crippen LogP contribution >= 0.6 is 11.6 Å². The number of nitrogens with one attached hydrogen (secondary N) is 2. The summed E-state index contributed by atoms with van der Waals surface area (Å²) in [5.74, 6) is 0.150. The summed E-state index contributed by atoms with van der Waals surface area (Å²) in [6.45, 7) is 0. The van der Waals surface area contributed by atoms with Gasteiger partial charge in [-0.3, -0.25) is 10.00 Å². The average molecular weight is 333 g/mol. The van der Waals surface area contributed by atoms with Gasteiger partial charge in [0.25, 0.3) is 0 Å². The Hall–Kier alpha value is -2.22. The van der Waals surface area contributed by atoms with Crippen LogP contribution < -0.4 is 10.6 Å². The fourth-order valence-corrected chi connectivity index (χ4v) is 1.90. The van der Waals surface area contributed by atoms with Crippen LogP contribution in [-0.4, -0.2) is 22.0 Å². The monoisotopic (exact) mass is 332 g/mol. The molecule has 1 atom stereocenters. The zero-order valence-corrected chi connectivity index (χ0v) is 12.1. The Labute approximate surface area is 129 Å². The SMILES string of the molecule is Cn1ccc(NC(=O)NC(c2ccc(Cl)cc2)C(F)(F)F)n1. The topological polar surface area (TPSA) is 59.0 Å². The van der Waals surface area contributed by atoms with Gasteiger partial charge in [-0.15, -0.1) is 0 Å². The maximum atomic E-state index is 13.1. The Morgan fingerprint density at radius 2 is 1.91 bits per heavy atom. The highest BCUT2D eigenvalue weighted by Crippen LogP contribution is 2.33. The molecule has 9 heteroatoms. The van der Waals surface area contributed by atoms with Crippen LogP contribution in [-0.2, 0) is 7.05 Å². The number of urea groups is 1. The zero-order valence-electron chi connectivity index (χ0n) is 11.4. The average Bonchev–Trinajstić information content (AvgIpc) is 2.81. The molecule has 0 aliphatic carbocycles. The Morgan fingerprint density at radius 3 is 2.41 bits per heavy atom. The van der Waals surface area contributed by atoms with Gasteiger partial charge in [0.1, 0.15) is 0 Å². The number of carbonyl (C=O) groups is 1. The van der Waals surface area contributed by atoms with E-state index in [1.165, 1.54) is 35.0 Å². The van der Waals surface area contributed by atoms with E-state index < -0.39 is 18.2 Å². The van der Waals surface area contributed by atoms with Gasteiger partial charge in [0, 0.05) is 24.3 Å². The summed E-state index contributed by atoms with van der Waals surface area (Å²) in [5, 5.41) is 8.28. The maximum Gasteiger partial charge on any atom is 0.412 e. The lowest BCUT2D eigenvalue weighted by molar-refractivity contribution is -0.154. The number of halogens is 4. The molecule has 0 fully saturated rings. The third-order valence-electron chi connectivity index (χ3n) is 2.76. The van der Waals surface area contributed by atoms with Crippen molar-refractivity contribution >= 4 is 23.4 Å². The molecular weight excluding hydrogens is 321 g/mol. The van der Waals surface area contributed by atoms with E-state index in [-0.39, 0.29) is 11.4 Å². The smallest absolute Gasteiger partial charge is 0.322 e. The van der Waals surface area contributed by atoms with Crippen molar-refractivity contribution in [1.29, 1.82) is 0 Å². The van der Waals surface area contributed by atoms with Crippen LogP contribution in [0.15, 0.2) is 36.5 Å². The van der Waals surface area contributed by atoms with Crippen LogP contribution in [0.3, 0.4) is 0 Å². The molecule has 0 saturated heterocycles. The molecule has 0 saturated carbocycles. The minimum Gasteiger partial charge on any atom is -0.322 e. The van der Waals surface area contributed by atoms with E-state index >= 15 is 0 Å². The highest BCUT2D eigenvalue weighted by Gasteiger charge is 2.42. The molecule has 0 aliphatic heterocycles. The van der Waals surface area contributed by atoms with Crippen molar-refractivity contribution in [3.8, 4) is 0 Å². The predicted octanol–water partition coefficient (Wildman–Crippen LogP) is 3.50. The lowest BCUT2D eigenvalue weighted by atomic mass is 10.1. The highest BCUT2D eigenvalue weighted by atomic mass is 35.5. The van der Waals surface area contributed by atoms with Crippen LogP contribution in [0.4, 0.5) is 23.8 Å². The first-order valence-corrected chi connectivity index (χ1v) is 6.53. The number of alkyl halides is 3. The summed E-state index contributed by atoms with van der Waals surface area (Å²) in [5.41, 5.74) is -0.118. The second-order valence-electron chi connectivity index (χ2n) is 4.50. The van der Waals surface area contributed by atoms with Crippen molar-refractivity contribution in [3.63, 3.8) is 0 Å². The van der Waals surface area contributed by atoms with Gasteiger partial charge in [0.05, 0.1) is 0 Å². The largest absolute Gasteiger partial charge is 0.412 e. The fraction of sp³-hybridized carbons (Fsp3) is 0.231. The van der Waals surface area contributed by atoms with E-state index in [4.69, 9.17) is 11.6 Å². The standard InChI is InChI=1S/C13H12ClF3N4O/c1-21-7-6-10(20-21)18-12(22)19-11(13(15,16)17)8-2-4-9(14)5-3-8/h2-7,11H,1H3,(H2,18,19,20,22). The quantitative estimate of drug-likeness (QED) is 0.903. The second-order valence-corrected chi connectivity index (χ2v) is 4.94. The van der Waals surface area contributed by atoms with Crippen molar-refractivity contribution in [2.45, 2.75) is 12.2 Å². The van der Waals surface area contributed by atoms with Crippen molar-refractivity contribution in [3.05, 3.63) is 47.1 Å². The van der Waals surface area contributed by atoms with Gasteiger partial charge in [-0.2, -0.15) is 18.3 Å². The van der Waals surface area contributed by atoms with Gasteiger partial charge >= 0.3 is 12.2 Å². The van der Waals surface area contributed by atoms with E-state index in [1.807, 2.05) is 5.32 Å². The first-order chi connectivity index (χ1) is 10.3. The van der Waals surface area contributed by atoms with Crippen LogP contribution in [0.1, 0.15) is 11.6 Å². The first kappa shape index (κ1) is 16.2. The van der Waals surface area contributed by atoms with Crippen LogP contribution in [0.25, 0.3) is 0 Å². The number of benzene rings is 1. The van der Waals surface area contributed by atoms with Crippen molar-refractivity contribution in [2.24, 2.45) is 7.05 Å². The van der Waals surface area contributed by atoms with Gasteiger partial charge < -0.3 is 5.32 Å². The van der Waals surface area contributed by atoms with Crippen molar-refractivity contribution in [1.82, 2.24) is 15.1 Å². The van der Waals surface area contributed by atoms with Crippen molar-refractivity contribution < 1.29 is 18.0 Å². The summed E-state index contributed by atoms with van der Waals surface area (Å²) in [6, 6.07) is 3.39. The number of aromatic nitrogens is 2. The molecule has 1 aromatic heterocycles. The number of anilines is 1. The summed E-state index contributed by atoms with van der Waals surface area (Å²) in [7, 11) is 1.62. The van der Waals surface area contributed by atoms with E-state index in [1.54, 1.807) is 13.2 Å². The van der Waals surface area contributed by atoms with Crippen molar-refractivity contribution in [2.75, 3.05) is 5.32 Å². The van der Waals surface area contributed by atoms with E-state index in [0.717, 1.165) is 0 Å². The number of hydrogen-bond donors (Lipinski definition) is 2. The maximum absolute atomic E-state index is 13.1. The second kappa shape index (κ2) is 6.27. The molecule has 118 valence electrons. The molecule has 1 aromatic carbocycles. The molecule has 2 amide bonds. The third-order valence-corrected chi connectivity index (χ3v) is 3.01. The molecule has 5 nitrogen and oxygen atoms in total. The normalized spacial score (nSPS) is 12.8. The minimum atomic E-state index is -4.64. The van der Waals surface area contributed by atoms with Gasteiger partial charge in [-0.05, 0) is 17.7 Å². The lowest BCUT2D eigenvalue weighted by Gasteiger charge is -2.22. The summed E-state index contributed by atoms with van der Waals surface area (Å²) in [4.78, 5) is 11.7. The van der Waals surface area contributed by atoms with E-state index in [0.29, 0.717) is 5.02 Å². The third kappa shape index (κ3) is 4.14. The molecule has 22 heavy (non-hydrogen) atoms.